The van der Waals surface area contributed by atoms with E-state index < -0.39 is 17.4 Å². The first kappa shape index (κ1) is 33.9. The van der Waals surface area contributed by atoms with E-state index in [1.165, 1.54) is 51.8 Å². The summed E-state index contributed by atoms with van der Waals surface area (Å²) in [4.78, 5) is 0. The van der Waals surface area contributed by atoms with Crippen LogP contribution in [0.1, 0.15) is 68.7 Å². The Balaban J connectivity index is 0.00000212. The van der Waals surface area contributed by atoms with Gasteiger partial charge in [0.1, 0.15) is 0 Å². The molecule has 2 atom stereocenters. The maximum absolute atomic E-state index is 3.68. The molecule has 2 unspecified atom stereocenters. The number of aryl methyl sites for hydroxylation is 1. The van der Waals surface area contributed by atoms with Crippen LogP contribution in [-0.2, 0) is 17.4 Å². The molecular weight excluding hydrogens is 659 g/mol. The van der Waals surface area contributed by atoms with E-state index >= 15 is 0 Å². The van der Waals surface area contributed by atoms with Gasteiger partial charge in [-0.1, -0.05) is 0 Å². The Morgan fingerprint density at radius 3 is 1.84 bits per heavy atom. The Bertz CT molecular complexity index is 1760. The fourth-order valence-electron chi connectivity index (χ4n) is 8.22. The first-order valence-corrected chi connectivity index (χ1v) is 29.1. The van der Waals surface area contributed by atoms with Gasteiger partial charge >= 0.3 is 252 Å². The van der Waals surface area contributed by atoms with Crippen LogP contribution in [0.4, 0.5) is 0 Å². The normalized spacial score (nSPS) is 17.4. The van der Waals surface area contributed by atoms with Gasteiger partial charge in [0, 0.05) is 0 Å². The van der Waals surface area contributed by atoms with E-state index in [-0.39, 0.29) is 24.8 Å². The van der Waals surface area contributed by atoms with Crippen LogP contribution in [0.25, 0.3) is 34.4 Å². The standard InChI is InChI=1S/C19H19.C18H17.2CH3.2ClH.H2Si.Zr/c1-3-7-15-12-18-14(2)10-11-17(19(18)13-15)16-8-5-4-6-9-16;1-13(2)16-11-15-9-6-10-17(18(15)12-16)14-7-4-3-5-8-14;;;;;;/h4-6,8-13H,3,7H2,1-2H3;3-13H,1-2H3;2*1H3;2*1H;1H2;. The molecule has 6 rings (SSSR count). The molecule has 0 aromatic heterocycles. The summed E-state index contributed by atoms with van der Waals surface area (Å²) in [5.41, 5.74) is 16.4. The topological polar surface area (TPSA) is 0 Å². The van der Waals surface area contributed by atoms with Crippen LogP contribution >= 0.6 is 24.8 Å². The molecule has 4 aromatic carbocycles. The van der Waals surface area contributed by atoms with Gasteiger partial charge in [-0.3, -0.25) is 0 Å². The molecule has 0 aliphatic heterocycles. The number of halogens is 2. The quantitative estimate of drug-likeness (QED) is 0.168. The van der Waals surface area contributed by atoms with Crippen molar-refractivity contribution in [3.05, 3.63) is 130 Å². The summed E-state index contributed by atoms with van der Waals surface area (Å²) in [7, 11) is 0. The van der Waals surface area contributed by atoms with Gasteiger partial charge in [-0.25, -0.2) is 0 Å². The molecule has 2 aliphatic rings. The van der Waals surface area contributed by atoms with Crippen LogP contribution in [0.3, 0.4) is 0 Å². The number of hydrogen-bond donors (Lipinski definition) is 0. The average Bonchev–Trinajstić information content (AvgIpc) is 3.56. The van der Waals surface area contributed by atoms with Crippen molar-refractivity contribution >= 4 is 43.8 Å². The van der Waals surface area contributed by atoms with Gasteiger partial charge in [0.05, 0.1) is 0 Å². The van der Waals surface area contributed by atoms with Crippen LogP contribution in [0.5, 0.6) is 0 Å². The SMILES string of the molecule is CCCC1=Cc2c(-c3ccccc3)ccc(C)c2[CH]1[Zr]([CH3])([CH3])(=[SiH2])[CH]1C(C(C)C)=Cc2c(-c3ccccc3)cccc21.Cl.Cl. The first-order valence-electron chi connectivity index (χ1n) is 15.5. The van der Waals surface area contributed by atoms with Gasteiger partial charge in [0.25, 0.3) is 0 Å². The predicted molar refractivity (Wildman–Crippen MR) is 194 cm³/mol. The zero-order valence-corrected chi connectivity index (χ0v) is 32.0. The van der Waals surface area contributed by atoms with Crippen LogP contribution in [0.2, 0.25) is 9.26 Å². The van der Waals surface area contributed by atoms with Gasteiger partial charge in [0.15, 0.2) is 0 Å². The van der Waals surface area contributed by atoms with Crippen molar-refractivity contribution in [2.75, 3.05) is 0 Å². The maximum atomic E-state index is 2.79. The van der Waals surface area contributed by atoms with E-state index in [0.717, 1.165) is 0 Å². The van der Waals surface area contributed by atoms with E-state index in [1.807, 2.05) is 0 Å². The molecule has 4 heteroatoms. The predicted octanol–water partition coefficient (Wildman–Crippen LogP) is 11.5. The minimum absolute atomic E-state index is 0. The summed E-state index contributed by atoms with van der Waals surface area (Å²) in [5.74, 6) is 0.518. The van der Waals surface area contributed by atoms with E-state index in [0.29, 0.717) is 13.2 Å². The van der Waals surface area contributed by atoms with Crippen molar-refractivity contribution in [3.8, 4) is 22.3 Å². The van der Waals surface area contributed by atoms with Gasteiger partial charge < -0.3 is 0 Å². The summed E-state index contributed by atoms with van der Waals surface area (Å²) in [6.45, 7) is 12.0. The summed E-state index contributed by atoms with van der Waals surface area (Å²) in [5, 5.41) is 0. The molecule has 0 radical (unpaired) electrons. The Hall–Kier alpha value is -1.96. The zero-order valence-electron chi connectivity index (χ0n) is 26.5. The molecule has 2 aliphatic carbocycles. The summed E-state index contributed by atoms with van der Waals surface area (Å²) < 4.78 is 6.67. The van der Waals surface area contributed by atoms with Crippen molar-refractivity contribution in [1.82, 2.24) is 0 Å². The fraction of sp³-hybridized carbons (Fsp3) is 0.282. The number of fused-ring (bicyclic) bond motifs is 2. The van der Waals surface area contributed by atoms with E-state index in [1.54, 1.807) is 22.3 Å². The molecule has 0 saturated heterocycles. The van der Waals surface area contributed by atoms with Crippen molar-refractivity contribution in [3.63, 3.8) is 0 Å². The molecular formula is C39H46Cl2SiZr. The number of allylic oxidation sites excluding steroid dienone is 2. The fourth-order valence-corrected chi connectivity index (χ4v) is 28.2. The zero-order chi connectivity index (χ0) is 29.0. The Labute approximate surface area is 274 Å². The molecule has 4 aromatic rings. The first-order chi connectivity index (χ1) is 19.6. The van der Waals surface area contributed by atoms with Gasteiger partial charge in [-0.15, -0.1) is 24.8 Å². The van der Waals surface area contributed by atoms with Crippen LogP contribution < -0.4 is 0 Å². The van der Waals surface area contributed by atoms with Crippen molar-refractivity contribution < 1.29 is 17.4 Å². The third kappa shape index (κ3) is 5.79. The number of benzene rings is 4. The molecule has 0 amide bonds. The second kappa shape index (κ2) is 12.8. The van der Waals surface area contributed by atoms with E-state index in [9.17, 15) is 0 Å². The Morgan fingerprint density at radius 2 is 1.28 bits per heavy atom. The summed E-state index contributed by atoms with van der Waals surface area (Å²) >= 11 is -3.68. The molecule has 0 spiro atoms. The summed E-state index contributed by atoms with van der Waals surface area (Å²) in [6, 6.07) is 33.9. The number of hydrogen-bond acceptors (Lipinski definition) is 0. The number of rotatable bonds is 7. The van der Waals surface area contributed by atoms with Crippen molar-refractivity contribution in [1.29, 1.82) is 0 Å². The molecule has 0 bridgehead atoms. The molecule has 0 N–H and O–H groups in total. The summed E-state index contributed by atoms with van der Waals surface area (Å²) in [6.07, 6.45) is 7.60. The minimum Gasteiger partial charge on any atom is -0.147 e. The van der Waals surface area contributed by atoms with Gasteiger partial charge in [0.2, 0.25) is 0 Å². The largest absolute Gasteiger partial charge is 0.147 e. The monoisotopic (exact) mass is 702 g/mol. The van der Waals surface area contributed by atoms with Crippen LogP contribution in [-0.4, -0.2) is 6.88 Å². The minimum atomic E-state index is -3.68. The molecule has 0 heterocycles. The Morgan fingerprint density at radius 1 is 0.698 bits per heavy atom. The molecule has 224 valence electrons. The smallest absolute Gasteiger partial charge is 0.147 e. The van der Waals surface area contributed by atoms with Gasteiger partial charge in [-0.2, -0.15) is 0 Å². The van der Waals surface area contributed by atoms with Crippen molar-refractivity contribution in [2.24, 2.45) is 5.92 Å². The Kier molecular flexibility index (Phi) is 10.1. The van der Waals surface area contributed by atoms with Crippen molar-refractivity contribution in [2.45, 2.75) is 57.1 Å². The van der Waals surface area contributed by atoms with Crippen LogP contribution in [0, 0.1) is 12.8 Å². The third-order valence-corrected chi connectivity index (χ3v) is 27.2. The second-order valence-electron chi connectivity index (χ2n) is 13.9. The van der Waals surface area contributed by atoms with E-state index in [2.05, 4.69) is 147 Å². The second-order valence-corrected chi connectivity index (χ2v) is 44.3. The van der Waals surface area contributed by atoms with Crippen LogP contribution in [0.15, 0.2) is 102 Å². The molecule has 0 fully saturated rings. The molecule has 43 heavy (non-hydrogen) atoms. The average molecular weight is 705 g/mol. The van der Waals surface area contributed by atoms with E-state index in [4.69, 9.17) is 0 Å². The maximum Gasteiger partial charge on any atom is -0.147 e. The third-order valence-electron chi connectivity index (χ3n) is 9.86. The van der Waals surface area contributed by atoms with Gasteiger partial charge in [-0.05, 0) is 0 Å². The molecule has 0 nitrogen and oxygen atoms in total. The molecule has 0 saturated carbocycles.